The minimum atomic E-state index is -0.412. The van der Waals surface area contributed by atoms with Gasteiger partial charge in [-0.2, -0.15) is 5.10 Å². The Bertz CT molecular complexity index is 1030. The second kappa shape index (κ2) is 10.1. The number of amides is 2. The molecule has 0 aliphatic carbocycles. The molecular weight excluding hydrogens is 378 g/mol. The normalized spacial score (nSPS) is 10.6. The molecule has 6 nitrogen and oxygen atoms in total. The van der Waals surface area contributed by atoms with Gasteiger partial charge < -0.3 is 14.8 Å². The van der Waals surface area contributed by atoms with Crippen molar-refractivity contribution < 1.29 is 14.3 Å². The fourth-order valence-electron chi connectivity index (χ4n) is 2.76. The topological polar surface area (TPSA) is 72.0 Å². The number of nitrogens with one attached hydrogen (secondary N) is 2. The van der Waals surface area contributed by atoms with Gasteiger partial charge in [-0.1, -0.05) is 48.0 Å². The summed E-state index contributed by atoms with van der Waals surface area (Å²) in [6.07, 6.45) is 1.55. The molecule has 0 atom stereocenters. The third-order valence-electron chi connectivity index (χ3n) is 4.48. The van der Waals surface area contributed by atoms with Crippen molar-refractivity contribution in [3.63, 3.8) is 0 Å². The third-order valence-corrected chi connectivity index (χ3v) is 4.48. The van der Waals surface area contributed by atoms with E-state index in [1.54, 1.807) is 19.4 Å². The first-order valence-electron chi connectivity index (χ1n) is 9.57. The molecule has 30 heavy (non-hydrogen) atoms. The monoisotopic (exact) mass is 403 g/mol. The predicted octanol–water partition coefficient (Wildman–Crippen LogP) is 5.05. The van der Waals surface area contributed by atoms with Crippen LogP contribution in [-0.4, -0.2) is 19.4 Å². The summed E-state index contributed by atoms with van der Waals surface area (Å²) in [7, 11) is 1.59. The number of rotatable bonds is 7. The molecule has 0 aliphatic rings. The average molecular weight is 403 g/mol. The van der Waals surface area contributed by atoms with E-state index >= 15 is 0 Å². The Morgan fingerprint density at radius 1 is 1.00 bits per heavy atom. The highest BCUT2D eigenvalue weighted by molar-refractivity contribution is 5.91. The molecule has 0 saturated heterocycles. The predicted molar refractivity (Wildman–Crippen MR) is 119 cm³/mol. The molecule has 2 amide bonds. The van der Waals surface area contributed by atoms with Crippen LogP contribution in [0.1, 0.15) is 22.3 Å². The molecule has 0 aliphatic heterocycles. The van der Waals surface area contributed by atoms with Crippen molar-refractivity contribution in [1.29, 1.82) is 0 Å². The van der Waals surface area contributed by atoms with Gasteiger partial charge in [0.2, 0.25) is 0 Å². The summed E-state index contributed by atoms with van der Waals surface area (Å²) in [6, 6.07) is 20.8. The van der Waals surface area contributed by atoms with Gasteiger partial charge >= 0.3 is 6.03 Å². The minimum Gasteiger partial charge on any atom is -0.493 e. The van der Waals surface area contributed by atoms with Gasteiger partial charge in [-0.05, 0) is 54.8 Å². The molecule has 0 fully saturated rings. The van der Waals surface area contributed by atoms with E-state index in [0.29, 0.717) is 18.1 Å². The van der Waals surface area contributed by atoms with Gasteiger partial charge in [0.15, 0.2) is 11.5 Å². The van der Waals surface area contributed by atoms with Crippen molar-refractivity contribution in [3.8, 4) is 11.5 Å². The van der Waals surface area contributed by atoms with Crippen LogP contribution < -0.4 is 20.2 Å². The van der Waals surface area contributed by atoms with E-state index in [1.807, 2.05) is 55.5 Å². The number of nitrogens with zero attached hydrogens (tertiary/aromatic N) is 1. The number of methoxy groups -OCH3 is 1. The van der Waals surface area contributed by atoms with E-state index < -0.39 is 6.03 Å². The van der Waals surface area contributed by atoms with Gasteiger partial charge in [-0.25, -0.2) is 10.2 Å². The van der Waals surface area contributed by atoms with Crippen LogP contribution in [-0.2, 0) is 6.61 Å². The van der Waals surface area contributed by atoms with Gasteiger partial charge in [0, 0.05) is 5.69 Å². The summed E-state index contributed by atoms with van der Waals surface area (Å²) >= 11 is 0. The summed E-state index contributed by atoms with van der Waals surface area (Å²) in [6.45, 7) is 4.42. The van der Waals surface area contributed by atoms with E-state index in [0.717, 1.165) is 22.4 Å². The molecule has 0 unspecified atom stereocenters. The molecule has 3 aromatic rings. The quantitative estimate of drug-likeness (QED) is 0.428. The largest absolute Gasteiger partial charge is 0.493 e. The zero-order valence-corrected chi connectivity index (χ0v) is 17.3. The lowest BCUT2D eigenvalue weighted by molar-refractivity contribution is 0.252. The Balaban J connectivity index is 1.57. The van der Waals surface area contributed by atoms with Crippen LogP contribution in [0.2, 0.25) is 0 Å². The maximum Gasteiger partial charge on any atom is 0.339 e. The van der Waals surface area contributed by atoms with Crippen LogP contribution in [0, 0.1) is 13.8 Å². The lowest BCUT2D eigenvalue weighted by Gasteiger charge is -2.11. The molecule has 0 radical (unpaired) electrons. The van der Waals surface area contributed by atoms with Crippen LogP contribution in [0.3, 0.4) is 0 Å². The molecule has 154 valence electrons. The van der Waals surface area contributed by atoms with E-state index in [-0.39, 0.29) is 0 Å². The maximum atomic E-state index is 12.0. The van der Waals surface area contributed by atoms with Gasteiger partial charge in [-0.15, -0.1) is 0 Å². The van der Waals surface area contributed by atoms with Crippen molar-refractivity contribution in [2.24, 2.45) is 5.10 Å². The van der Waals surface area contributed by atoms with Gasteiger partial charge in [0.25, 0.3) is 0 Å². The summed E-state index contributed by atoms with van der Waals surface area (Å²) in [5, 5.41) is 6.75. The number of carbonyl (C=O) groups is 1. The highest BCUT2D eigenvalue weighted by Crippen LogP contribution is 2.28. The van der Waals surface area contributed by atoms with Crippen molar-refractivity contribution in [3.05, 3.63) is 89.0 Å². The second-order valence-corrected chi connectivity index (χ2v) is 6.82. The fourth-order valence-corrected chi connectivity index (χ4v) is 2.76. The van der Waals surface area contributed by atoms with Gasteiger partial charge in [-0.3, -0.25) is 0 Å². The third kappa shape index (κ3) is 5.85. The number of hydrogen-bond acceptors (Lipinski definition) is 4. The van der Waals surface area contributed by atoms with Crippen LogP contribution in [0.25, 0.3) is 0 Å². The molecule has 0 bridgehead atoms. The van der Waals surface area contributed by atoms with Crippen LogP contribution in [0.4, 0.5) is 10.5 Å². The number of benzene rings is 3. The first-order valence-corrected chi connectivity index (χ1v) is 9.57. The Morgan fingerprint density at radius 2 is 1.77 bits per heavy atom. The molecule has 0 spiro atoms. The number of anilines is 1. The molecule has 3 rings (SSSR count). The minimum absolute atomic E-state index is 0.412. The summed E-state index contributed by atoms with van der Waals surface area (Å²) < 4.78 is 11.3. The van der Waals surface area contributed by atoms with Crippen LogP contribution in [0.15, 0.2) is 71.8 Å². The van der Waals surface area contributed by atoms with Crippen molar-refractivity contribution in [2.45, 2.75) is 20.5 Å². The van der Waals surface area contributed by atoms with Gasteiger partial charge in [0.05, 0.1) is 13.3 Å². The lowest BCUT2D eigenvalue weighted by Crippen LogP contribution is -2.24. The zero-order valence-electron chi connectivity index (χ0n) is 17.3. The maximum absolute atomic E-state index is 12.0. The molecule has 6 heteroatoms. The zero-order chi connectivity index (χ0) is 21.3. The number of aryl methyl sites for hydroxylation is 2. The number of para-hydroxylation sites is 1. The lowest BCUT2D eigenvalue weighted by atomic mass is 10.2. The van der Waals surface area contributed by atoms with Crippen molar-refractivity contribution in [1.82, 2.24) is 5.43 Å². The van der Waals surface area contributed by atoms with Crippen molar-refractivity contribution in [2.75, 3.05) is 12.4 Å². The van der Waals surface area contributed by atoms with Crippen LogP contribution in [0.5, 0.6) is 11.5 Å². The van der Waals surface area contributed by atoms with E-state index in [4.69, 9.17) is 9.47 Å². The standard InChI is InChI=1S/C24H25N3O3/c1-17-8-10-19(11-9-17)16-30-22-13-12-20(14-23(22)29-3)15-25-27-24(28)26-21-7-5-4-6-18(21)2/h4-15H,16H2,1-3H3,(H2,26,27,28)/b25-15-. The summed E-state index contributed by atoms with van der Waals surface area (Å²) in [4.78, 5) is 12.0. The Morgan fingerprint density at radius 3 is 2.50 bits per heavy atom. The smallest absolute Gasteiger partial charge is 0.339 e. The molecule has 0 saturated carbocycles. The first kappa shape index (κ1) is 20.9. The van der Waals surface area contributed by atoms with E-state index in [1.165, 1.54) is 5.56 Å². The molecule has 0 aromatic heterocycles. The first-order chi connectivity index (χ1) is 14.5. The fraction of sp³-hybridized carbons (Fsp3) is 0.167. The van der Waals surface area contributed by atoms with E-state index in [2.05, 4.69) is 34.9 Å². The highest BCUT2D eigenvalue weighted by Gasteiger charge is 2.06. The Kier molecular flexibility index (Phi) is 7.05. The molecular formula is C24H25N3O3. The SMILES string of the molecule is COc1cc(/C=N\NC(=O)Nc2ccccc2C)ccc1OCc1ccc(C)cc1. The molecule has 2 N–H and O–H groups in total. The number of hydrogen-bond donors (Lipinski definition) is 2. The highest BCUT2D eigenvalue weighted by atomic mass is 16.5. The molecule has 0 heterocycles. The summed E-state index contributed by atoms with van der Waals surface area (Å²) in [5.74, 6) is 1.23. The number of urea groups is 1. The summed E-state index contributed by atoms with van der Waals surface area (Å²) in [5.41, 5.74) is 7.23. The number of ether oxygens (including phenoxy) is 2. The Labute approximate surface area is 176 Å². The van der Waals surface area contributed by atoms with Crippen molar-refractivity contribution >= 4 is 17.9 Å². The average Bonchev–Trinajstić information content (AvgIpc) is 2.75. The Hall–Kier alpha value is -3.80. The number of hydrazone groups is 1. The van der Waals surface area contributed by atoms with E-state index in [9.17, 15) is 4.79 Å². The second-order valence-electron chi connectivity index (χ2n) is 6.82. The number of carbonyl (C=O) groups excluding carboxylic acids is 1. The molecule has 3 aromatic carbocycles. The van der Waals surface area contributed by atoms with Crippen LogP contribution >= 0.6 is 0 Å². The van der Waals surface area contributed by atoms with Gasteiger partial charge in [0.1, 0.15) is 6.61 Å².